The minimum Gasteiger partial charge on any atom is -0.493 e. The largest absolute Gasteiger partial charge is 0.493 e. The zero-order valence-electron chi connectivity index (χ0n) is 18.1. The fourth-order valence-electron chi connectivity index (χ4n) is 3.01. The number of aromatic nitrogens is 4. The van der Waals surface area contributed by atoms with Gasteiger partial charge in [0, 0.05) is 30.2 Å². The van der Waals surface area contributed by atoms with E-state index in [2.05, 4.69) is 19.7 Å². The van der Waals surface area contributed by atoms with Crippen molar-refractivity contribution in [3.05, 3.63) is 73.1 Å². The number of rotatable bonds is 8. The summed E-state index contributed by atoms with van der Waals surface area (Å²) in [6.07, 6.45) is 5.05. The van der Waals surface area contributed by atoms with Gasteiger partial charge in [-0.25, -0.2) is 18.4 Å². The van der Waals surface area contributed by atoms with Crippen LogP contribution in [0.15, 0.2) is 72.1 Å². The number of benzene rings is 2. The second-order valence-electron chi connectivity index (χ2n) is 6.83. The molecule has 2 aromatic carbocycles. The first-order valence-electron chi connectivity index (χ1n) is 9.75. The van der Waals surface area contributed by atoms with Crippen molar-refractivity contribution < 1.29 is 22.6 Å². The van der Waals surface area contributed by atoms with Crippen molar-refractivity contribution >= 4 is 15.7 Å². The first kappa shape index (κ1) is 22.1. The van der Waals surface area contributed by atoms with Gasteiger partial charge in [-0.1, -0.05) is 0 Å². The molecule has 0 spiro atoms. The Morgan fingerprint density at radius 2 is 1.70 bits per heavy atom. The van der Waals surface area contributed by atoms with Crippen LogP contribution in [0.2, 0.25) is 0 Å². The number of methoxy groups -OCH3 is 2. The van der Waals surface area contributed by atoms with E-state index < -0.39 is 10.0 Å². The third-order valence-electron chi connectivity index (χ3n) is 4.56. The minimum absolute atomic E-state index is 0.0453. The normalized spacial score (nSPS) is 11.1. The molecule has 0 saturated carbocycles. The summed E-state index contributed by atoms with van der Waals surface area (Å²) < 4.78 is 46.0. The van der Waals surface area contributed by atoms with Crippen molar-refractivity contribution in [1.29, 1.82) is 0 Å². The van der Waals surface area contributed by atoms with E-state index in [0.717, 1.165) is 0 Å². The van der Waals surface area contributed by atoms with E-state index in [-0.39, 0.29) is 4.90 Å². The summed E-state index contributed by atoms with van der Waals surface area (Å²) in [7, 11) is -0.911. The van der Waals surface area contributed by atoms with Gasteiger partial charge in [-0.2, -0.15) is 4.98 Å². The van der Waals surface area contributed by atoms with E-state index in [1.807, 2.05) is 0 Å². The molecule has 0 aliphatic rings. The molecule has 10 nitrogen and oxygen atoms in total. The molecule has 0 fully saturated rings. The first-order valence-corrected chi connectivity index (χ1v) is 11.2. The maximum Gasteiger partial charge on any atom is 0.262 e. The molecule has 11 heteroatoms. The lowest BCUT2D eigenvalue weighted by Gasteiger charge is -2.12. The Kier molecular flexibility index (Phi) is 6.13. The van der Waals surface area contributed by atoms with E-state index in [9.17, 15) is 8.42 Å². The van der Waals surface area contributed by atoms with E-state index in [1.54, 1.807) is 60.5 Å². The third-order valence-corrected chi connectivity index (χ3v) is 5.94. The molecule has 0 amide bonds. The molecule has 2 aromatic heterocycles. The summed E-state index contributed by atoms with van der Waals surface area (Å²) in [5.74, 6) is 2.75. The molecule has 170 valence electrons. The van der Waals surface area contributed by atoms with Crippen molar-refractivity contribution in [2.45, 2.75) is 11.8 Å². The van der Waals surface area contributed by atoms with Crippen LogP contribution in [-0.2, 0) is 10.0 Å². The minimum atomic E-state index is -3.83. The number of imidazole rings is 1. The number of hydrogen-bond acceptors (Lipinski definition) is 8. The molecular formula is C22H21N5O5S. The van der Waals surface area contributed by atoms with Gasteiger partial charge >= 0.3 is 0 Å². The van der Waals surface area contributed by atoms with Gasteiger partial charge < -0.3 is 14.2 Å². The number of ether oxygens (including phenoxy) is 3. The van der Waals surface area contributed by atoms with E-state index in [4.69, 9.17) is 14.2 Å². The fourth-order valence-corrected chi connectivity index (χ4v) is 4.09. The van der Waals surface area contributed by atoms with Crippen LogP contribution in [0.3, 0.4) is 0 Å². The highest BCUT2D eigenvalue weighted by atomic mass is 32.2. The van der Waals surface area contributed by atoms with Gasteiger partial charge in [-0.3, -0.25) is 9.29 Å². The van der Waals surface area contributed by atoms with Crippen LogP contribution in [0.1, 0.15) is 5.82 Å². The monoisotopic (exact) mass is 467 g/mol. The molecule has 0 aliphatic heterocycles. The van der Waals surface area contributed by atoms with Gasteiger partial charge in [0.25, 0.3) is 10.0 Å². The lowest BCUT2D eigenvalue weighted by atomic mass is 10.3. The van der Waals surface area contributed by atoms with E-state index in [1.165, 1.54) is 32.4 Å². The third kappa shape index (κ3) is 5.04. The summed E-state index contributed by atoms with van der Waals surface area (Å²) in [5.41, 5.74) is 0.370. The molecular weight excluding hydrogens is 446 g/mol. The Morgan fingerprint density at radius 1 is 0.939 bits per heavy atom. The average molecular weight is 468 g/mol. The number of nitrogens with zero attached hydrogens (tertiary/aromatic N) is 4. The van der Waals surface area contributed by atoms with Crippen LogP contribution in [0.5, 0.6) is 23.1 Å². The Balaban J connectivity index is 1.50. The summed E-state index contributed by atoms with van der Waals surface area (Å²) in [5, 5.41) is 0. The van der Waals surface area contributed by atoms with Gasteiger partial charge in [0.2, 0.25) is 5.88 Å². The van der Waals surface area contributed by atoms with Crippen LogP contribution < -0.4 is 18.9 Å². The zero-order chi connectivity index (χ0) is 23.4. The molecule has 33 heavy (non-hydrogen) atoms. The molecule has 4 rings (SSSR count). The van der Waals surface area contributed by atoms with Crippen LogP contribution in [0.25, 0.3) is 5.82 Å². The molecule has 1 N–H and O–H groups in total. The molecule has 0 saturated heterocycles. The molecule has 0 bridgehead atoms. The van der Waals surface area contributed by atoms with Gasteiger partial charge in [0.1, 0.15) is 23.7 Å². The molecule has 0 aliphatic carbocycles. The Bertz CT molecular complexity index is 1360. The number of anilines is 1. The average Bonchev–Trinajstić information content (AvgIpc) is 3.34. The summed E-state index contributed by atoms with van der Waals surface area (Å²) in [6.45, 7) is 1.76. The van der Waals surface area contributed by atoms with Crippen LogP contribution in [0, 0.1) is 6.92 Å². The number of hydrogen-bond donors (Lipinski definition) is 1. The SMILES string of the molecule is COc1ccc(S(=O)(=O)Nc2ccc(Oc3cc(-n4ccnc4)nc(C)n3)cc2)cc1OC. The number of nitrogens with one attached hydrogen (secondary N) is 1. The van der Waals surface area contributed by atoms with Gasteiger partial charge in [-0.05, 0) is 43.3 Å². The predicted molar refractivity (Wildman–Crippen MR) is 121 cm³/mol. The van der Waals surface area contributed by atoms with Crippen molar-refractivity contribution in [2.75, 3.05) is 18.9 Å². The van der Waals surface area contributed by atoms with Gasteiger partial charge in [0.05, 0.1) is 19.1 Å². The van der Waals surface area contributed by atoms with Crippen molar-refractivity contribution in [2.24, 2.45) is 0 Å². The lowest BCUT2D eigenvalue weighted by Crippen LogP contribution is -2.13. The molecule has 0 unspecified atom stereocenters. The van der Waals surface area contributed by atoms with Crippen molar-refractivity contribution in [1.82, 2.24) is 19.5 Å². The quantitative estimate of drug-likeness (QED) is 0.418. The van der Waals surface area contributed by atoms with E-state index >= 15 is 0 Å². The van der Waals surface area contributed by atoms with Crippen molar-refractivity contribution in [3.8, 4) is 28.9 Å². The Morgan fingerprint density at radius 3 is 2.36 bits per heavy atom. The topological polar surface area (TPSA) is 117 Å². The second kappa shape index (κ2) is 9.17. The number of sulfonamides is 1. The maximum atomic E-state index is 12.8. The molecule has 0 radical (unpaired) electrons. The number of aryl methyl sites for hydroxylation is 1. The van der Waals surface area contributed by atoms with Crippen LogP contribution >= 0.6 is 0 Å². The van der Waals surface area contributed by atoms with Gasteiger partial charge in [0.15, 0.2) is 11.5 Å². The summed E-state index contributed by atoms with van der Waals surface area (Å²) >= 11 is 0. The van der Waals surface area contributed by atoms with Crippen LogP contribution in [-0.4, -0.2) is 42.2 Å². The predicted octanol–water partition coefficient (Wildman–Crippen LogP) is 3.58. The maximum absolute atomic E-state index is 12.8. The highest BCUT2D eigenvalue weighted by molar-refractivity contribution is 7.92. The van der Waals surface area contributed by atoms with Gasteiger partial charge in [-0.15, -0.1) is 0 Å². The summed E-state index contributed by atoms with van der Waals surface area (Å²) in [6, 6.07) is 12.5. The molecule has 4 aromatic rings. The van der Waals surface area contributed by atoms with Crippen molar-refractivity contribution in [3.63, 3.8) is 0 Å². The first-order chi connectivity index (χ1) is 15.9. The molecule has 2 heterocycles. The lowest BCUT2D eigenvalue weighted by molar-refractivity contribution is 0.354. The Labute approximate surface area is 190 Å². The fraction of sp³-hybridized carbons (Fsp3) is 0.136. The highest BCUT2D eigenvalue weighted by Crippen LogP contribution is 2.30. The van der Waals surface area contributed by atoms with E-state index in [0.29, 0.717) is 40.5 Å². The smallest absolute Gasteiger partial charge is 0.262 e. The Hall–Kier alpha value is -4.12. The zero-order valence-corrected chi connectivity index (χ0v) is 18.9. The summed E-state index contributed by atoms with van der Waals surface area (Å²) in [4.78, 5) is 12.7. The second-order valence-corrected chi connectivity index (χ2v) is 8.51. The standard InChI is InChI=1S/C22H21N5O5S/c1-15-24-21(27-11-10-23-14-27)13-22(25-15)32-17-6-4-16(5-7-17)26-33(28,29)18-8-9-19(30-2)20(12-18)31-3/h4-14,26H,1-3H3. The molecule has 0 atom stereocenters. The van der Waals surface area contributed by atoms with Crippen LogP contribution in [0.4, 0.5) is 5.69 Å². The highest BCUT2D eigenvalue weighted by Gasteiger charge is 2.17.